The molecule has 9 nitrogen and oxygen atoms in total. The van der Waals surface area contributed by atoms with Crippen LogP contribution >= 0.6 is 0 Å². The molecule has 9 heteroatoms. The number of hydrogen-bond acceptors (Lipinski definition) is 8. The van der Waals surface area contributed by atoms with Gasteiger partial charge in [-0.15, -0.1) is 0 Å². The fourth-order valence-electron chi connectivity index (χ4n) is 7.87. The van der Waals surface area contributed by atoms with E-state index in [-0.39, 0.29) is 12.5 Å². The molecular formula is C51H95NO8. The van der Waals surface area contributed by atoms with Gasteiger partial charge in [0.1, 0.15) is 24.4 Å². The van der Waals surface area contributed by atoms with Crippen LogP contribution in [0.1, 0.15) is 226 Å². The van der Waals surface area contributed by atoms with Crippen molar-refractivity contribution in [1.29, 1.82) is 0 Å². The molecule has 0 aromatic carbocycles. The van der Waals surface area contributed by atoms with E-state index in [1.807, 2.05) is 6.08 Å². The lowest BCUT2D eigenvalue weighted by Crippen LogP contribution is -2.60. The van der Waals surface area contributed by atoms with Crippen molar-refractivity contribution in [2.75, 3.05) is 13.2 Å². The van der Waals surface area contributed by atoms with Gasteiger partial charge in [0, 0.05) is 6.42 Å². The normalized spacial score (nSPS) is 20.8. The van der Waals surface area contributed by atoms with Crippen LogP contribution in [0.5, 0.6) is 0 Å². The molecule has 1 aliphatic rings. The minimum atomic E-state index is -1.57. The van der Waals surface area contributed by atoms with Gasteiger partial charge in [0.2, 0.25) is 5.91 Å². The largest absolute Gasteiger partial charge is 0.394 e. The van der Waals surface area contributed by atoms with Crippen LogP contribution in [-0.2, 0) is 14.3 Å². The van der Waals surface area contributed by atoms with E-state index in [4.69, 9.17) is 9.47 Å². The highest BCUT2D eigenvalue weighted by Gasteiger charge is 2.44. The van der Waals surface area contributed by atoms with Crippen LogP contribution in [0.4, 0.5) is 0 Å². The third-order valence-corrected chi connectivity index (χ3v) is 11.9. The van der Waals surface area contributed by atoms with Gasteiger partial charge in [-0.05, 0) is 57.8 Å². The summed E-state index contributed by atoms with van der Waals surface area (Å²) >= 11 is 0. The molecule has 7 atom stereocenters. The lowest BCUT2D eigenvalue weighted by Gasteiger charge is -2.40. The number of carbonyl (C=O) groups excluding carboxylic acids is 1. The third kappa shape index (κ3) is 31.3. The van der Waals surface area contributed by atoms with Crippen LogP contribution in [-0.4, -0.2) is 87.5 Å². The lowest BCUT2D eigenvalue weighted by molar-refractivity contribution is -0.302. The van der Waals surface area contributed by atoms with Gasteiger partial charge in [-0.25, -0.2) is 0 Å². The predicted octanol–water partition coefficient (Wildman–Crippen LogP) is 11.2. The molecule has 0 saturated carbocycles. The van der Waals surface area contributed by atoms with E-state index in [0.29, 0.717) is 6.42 Å². The molecule has 352 valence electrons. The van der Waals surface area contributed by atoms with Crippen LogP contribution < -0.4 is 5.32 Å². The molecule has 1 saturated heterocycles. The van der Waals surface area contributed by atoms with Gasteiger partial charge in [0.15, 0.2) is 6.29 Å². The summed E-state index contributed by atoms with van der Waals surface area (Å²) in [6, 6.07) is -0.828. The minimum absolute atomic E-state index is 0.203. The Labute approximate surface area is 368 Å². The number of ether oxygens (including phenoxy) is 2. The van der Waals surface area contributed by atoms with Gasteiger partial charge in [-0.1, -0.05) is 198 Å². The summed E-state index contributed by atoms with van der Waals surface area (Å²) in [7, 11) is 0. The van der Waals surface area contributed by atoms with Crippen molar-refractivity contribution in [3.8, 4) is 0 Å². The van der Waals surface area contributed by atoms with Crippen molar-refractivity contribution in [1.82, 2.24) is 5.32 Å². The molecule has 0 bridgehead atoms. The van der Waals surface area contributed by atoms with E-state index in [0.717, 1.165) is 51.4 Å². The topological polar surface area (TPSA) is 149 Å². The van der Waals surface area contributed by atoms with Gasteiger partial charge in [-0.2, -0.15) is 0 Å². The smallest absolute Gasteiger partial charge is 0.220 e. The second-order valence-electron chi connectivity index (χ2n) is 17.6. The Hall–Kier alpha value is -1.59. The maximum Gasteiger partial charge on any atom is 0.220 e. The molecule has 0 radical (unpaired) electrons. The van der Waals surface area contributed by atoms with Crippen LogP contribution in [0.25, 0.3) is 0 Å². The fraction of sp³-hybridized carbons (Fsp3) is 0.863. The molecule has 1 amide bonds. The standard InChI is InChI=1S/C51H95NO8/c1-3-5-7-9-11-13-15-17-18-19-20-21-22-23-24-25-26-27-29-30-32-34-36-38-40-45(54)44(43-59-51-50(58)49(57)48(56)46(42-53)60-51)52-47(55)41-39-37-35-33-31-28-16-14-12-10-8-6-4-2/h28,30-32,38,40,44-46,48-51,53-54,56-58H,3-27,29,33-37,39,41-43H2,1-2H3,(H,52,55)/b31-28-,32-30+,40-38+. The summed E-state index contributed by atoms with van der Waals surface area (Å²) in [4.78, 5) is 12.9. The summed E-state index contributed by atoms with van der Waals surface area (Å²) < 4.78 is 11.2. The van der Waals surface area contributed by atoms with Crippen molar-refractivity contribution < 1.29 is 39.8 Å². The summed E-state index contributed by atoms with van der Waals surface area (Å²) in [6.07, 6.45) is 44.9. The van der Waals surface area contributed by atoms with Gasteiger partial charge < -0.3 is 40.3 Å². The van der Waals surface area contributed by atoms with Crippen molar-refractivity contribution in [2.45, 2.75) is 269 Å². The SMILES string of the molecule is CCCCCCCC/C=C\CCCCCC(=O)NC(COC1OC(CO)C(O)C(O)C1O)C(O)/C=C/CC/C=C/CCCCCCCCCCCCCCCCCCCC. The molecule has 0 aromatic rings. The van der Waals surface area contributed by atoms with Gasteiger partial charge >= 0.3 is 0 Å². The van der Waals surface area contributed by atoms with Crippen molar-refractivity contribution in [3.63, 3.8) is 0 Å². The van der Waals surface area contributed by atoms with E-state index in [2.05, 4.69) is 43.5 Å². The average Bonchev–Trinajstić information content (AvgIpc) is 3.25. The molecule has 0 aromatic heterocycles. The first-order valence-electron chi connectivity index (χ1n) is 25.2. The zero-order valence-electron chi connectivity index (χ0n) is 38.7. The van der Waals surface area contributed by atoms with Gasteiger partial charge in [0.05, 0.1) is 25.4 Å². The van der Waals surface area contributed by atoms with Gasteiger partial charge in [0.25, 0.3) is 0 Å². The Morgan fingerprint density at radius 1 is 0.550 bits per heavy atom. The predicted molar refractivity (Wildman–Crippen MR) is 249 cm³/mol. The molecule has 1 fully saturated rings. The first kappa shape index (κ1) is 56.4. The summed E-state index contributed by atoms with van der Waals surface area (Å²) in [6.45, 7) is 3.75. The summed E-state index contributed by atoms with van der Waals surface area (Å²) in [5, 5.41) is 54.2. The van der Waals surface area contributed by atoms with E-state index < -0.39 is 49.5 Å². The van der Waals surface area contributed by atoms with Crippen molar-refractivity contribution in [3.05, 3.63) is 36.5 Å². The molecule has 0 spiro atoms. The monoisotopic (exact) mass is 850 g/mol. The van der Waals surface area contributed by atoms with Crippen LogP contribution in [0.15, 0.2) is 36.5 Å². The van der Waals surface area contributed by atoms with Crippen LogP contribution in [0.3, 0.4) is 0 Å². The second kappa shape index (κ2) is 41.4. The number of aliphatic hydroxyl groups excluding tert-OH is 5. The number of unbranched alkanes of at least 4 members (excludes halogenated alkanes) is 28. The number of rotatable bonds is 42. The minimum Gasteiger partial charge on any atom is -0.394 e. The Kier molecular flexibility index (Phi) is 39.0. The zero-order valence-corrected chi connectivity index (χ0v) is 38.7. The summed E-state index contributed by atoms with van der Waals surface area (Å²) in [5.74, 6) is -0.203. The maximum absolute atomic E-state index is 12.9. The first-order valence-corrected chi connectivity index (χ1v) is 25.2. The highest BCUT2D eigenvalue weighted by Crippen LogP contribution is 2.23. The highest BCUT2D eigenvalue weighted by molar-refractivity contribution is 5.76. The van der Waals surface area contributed by atoms with E-state index in [1.165, 1.54) is 154 Å². The van der Waals surface area contributed by atoms with Gasteiger partial charge in [-0.3, -0.25) is 4.79 Å². The third-order valence-electron chi connectivity index (χ3n) is 11.9. The quantitative estimate of drug-likeness (QED) is 0.0263. The van der Waals surface area contributed by atoms with Crippen molar-refractivity contribution >= 4 is 5.91 Å². The Morgan fingerprint density at radius 3 is 1.40 bits per heavy atom. The van der Waals surface area contributed by atoms with Crippen LogP contribution in [0, 0.1) is 0 Å². The number of nitrogens with one attached hydrogen (secondary N) is 1. The number of allylic oxidation sites excluding steroid dienone is 5. The first-order chi connectivity index (χ1) is 29.3. The number of amides is 1. The molecular weight excluding hydrogens is 755 g/mol. The zero-order chi connectivity index (χ0) is 43.7. The molecule has 1 aliphatic heterocycles. The number of hydrogen-bond donors (Lipinski definition) is 6. The van der Waals surface area contributed by atoms with Crippen LogP contribution in [0.2, 0.25) is 0 Å². The van der Waals surface area contributed by atoms with E-state index in [9.17, 15) is 30.3 Å². The van der Waals surface area contributed by atoms with E-state index in [1.54, 1.807) is 6.08 Å². The Balaban J connectivity index is 2.30. The molecule has 7 unspecified atom stereocenters. The number of carbonyl (C=O) groups is 1. The van der Waals surface area contributed by atoms with Crippen molar-refractivity contribution in [2.24, 2.45) is 0 Å². The Morgan fingerprint density at radius 2 is 0.950 bits per heavy atom. The Bertz CT molecular complexity index is 1030. The molecule has 1 rings (SSSR count). The van der Waals surface area contributed by atoms with E-state index >= 15 is 0 Å². The molecule has 1 heterocycles. The maximum atomic E-state index is 12.9. The fourth-order valence-corrected chi connectivity index (χ4v) is 7.87. The second-order valence-corrected chi connectivity index (χ2v) is 17.6. The average molecular weight is 850 g/mol. The lowest BCUT2D eigenvalue weighted by atomic mass is 9.99. The molecule has 6 N–H and O–H groups in total. The molecule has 0 aliphatic carbocycles. The molecule has 60 heavy (non-hydrogen) atoms. The number of aliphatic hydroxyl groups is 5. The summed E-state index contributed by atoms with van der Waals surface area (Å²) in [5.41, 5.74) is 0. The highest BCUT2D eigenvalue weighted by atomic mass is 16.7.